The molecule has 0 aliphatic rings. The molecule has 0 unspecified atom stereocenters. The number of amides is 1. The first-order valence-corrected chi connectivity index (χ1v) is 8.51. The van der Waals surface area contributed by atoms with Gasteiger partial charge in [0.25, 0.3) is 0 Å². The molecule has 0 aliphatic carbocycles. The van der Waals surface area contributed by atoms with E-state index in [1.54, 1.807) is 28.9 Å². The summed E-state index contributed by atoms with van der Waals surface area (Å²) in [6.07, 6.45) is 1.06. The molecule has 8 heteroatoms. The van der Waals surface area contributed by atoms with Crippen LogP contribution >= 0.6 is 0 Å². The van der Waals surface area contributed by atoms with Crippen LogP contribution < -0.4 is 10.0 Å². The minimum atomic E-state index is -3.42. The Labute approximate surface area is 129 Å². The zero-order valence-corrected chi connectivity index (χ0v) is 13.4. The number of aryl methyl sites for hydroxylation is 2. The average molecular weight is 322 g/mol. The molecular weight excluding hydrogens is 304 g/mol. The van der Waals surface area contributed by atoms with Gasteiger partial charge in [-0.1, -0.05) is 12.1 Å². The predicted molar refractivity (Wildman–Crippen MR) is 85.2 cm³/mol. The molecule has 2 rings (SSSR count). The lowest BCUT2D eigenvalue weighted by molar-refractivity contribution is -0.116. The second kappa shape index (κ2) is 6.18. The number of sulfonamides is 1. The largest absolute Gasteiger partial charge is 0.323 e. The average Bonchev–Trinajstić information content (AvgIpc) is 2.68. The van der Waals surface area contributed by atoms with Crippen molar-refractivity contribution in [1.29, 1.82) is 0 Å². The van der Waals surface area contributed by atoms with Crippen molar-refractivity contribution in [3.05, 3.63) is 41.7 Å². The van der Waals surface area contributed by atoms with E-state index in [4.69, 9.17) is 0 Å². The first-order chi connectivity index (χ1) is 10.2. The summed E-state index contributed by atoms with van der Waals surface area (Å²) in [5.74, 6) is -0.283. The van der Waals surface area contributed by atoms with Gasteiger partial charge in [-0.3, -0.25) is 14.2 Å². The third-order valence-corrected chi connectivity index (χ3v) is 3.48. The van der Waals surface area contributed by atoms with E-state index in [0.29, 0.717) is 11.4 Å². The van der Waals surface area contributed by atoms with E-state index >= 15 is 0 Å². The highest BCUT2D eigenvalue weighted by atomic mass is 32.2. The molecule has 0 fully saturated rings. The lowest BCUT2D eigenvalue weighted by Gasteiger charge is -2.12. The first kappa shape index (κ1) is 16.0. The maximum Gasteiger partial charge on any atom is 0.246 e. The van der Waals surface area contributed by atoms with Gasteiger partial charge in [-0.15, -0.1) is 0 Å². The van der Waals surface area contributed by atoms with Crippen molar-refractivity contribution in [2.75, 3.05) is 16.3 Å². The third-order valence-electron chi connectivity index (χ3n) is 2.89. The molecule has 0 radical (unpaired) electrons. The van der Waals surface area contributed by atoms with Gasteiger partial charge in [0.1, 0.15) is 6.54 Å². The maximum absolute atomic E-state index is 12.1. The summed E-state index contributed by atoms with van der Waals surface area (Å²) in [7, 11) is -3.42. The molecule has 1 amide bonds. The fraction of sp³-hybridized carbons (Fsp3) is 0.286. The number of rotatable bonds is 5. The molecule has 2 N–H and O–H groups in total. The number of carbonyl (C=O) groups excluding carboxylic acids is 1. The molecule has 1 heterocycles. The Morgan fingerprint density at radius 3 is 2.41 bits per heavy atom. The number of anilines is 2. The molecule has 0 bridgehead atoms. The number of carbonyl (C=O) groups is 1. The quantitative estimate of drug-likeness (QED) is 0.872. The smallest absolute Gasteiger partial charge is 0.246 e. The zero-order chi connectivity index (χ0) is 16.3. The number of aromatic nitrogens is 2. The van der Waals surface area contributed by atoms with Crippen LogP contribution in [-0.2, 0) is 21.4 Å². The first-order valence-electron chi connectivity index (χ1n) is 6.62. The number of hydrogen-bond acceptors (Lipinski definition) is 4. The molecule has 0 atom stereocenters. The minimum absolute atomic E-state index is 0.0624. The van der Waals surface area contributed by atoms with Gasteiger partial charge < -0.3 is 5.32 Å². The molecule has 0 saturated carbocycles. The number of hydrogen-bond donors (Lipinski definition) is 2. The zero-order valence-electron chi connectivity index (χ0n) is 12.6. The van der Waals surface area contributed by atoms with Crippen molar-refractivity contribution < 1.29 is 13.2 Å². The number of nitrogens with one attached hydrogen (secondary N) is 2. The number of para-hydroxylation sites is 2. The monoisotopic (exact) mass is 322 g/mol. The highest BCUT2D eigenvalue weighted by Crippen LogP contribution is 2.21. The van der Waals surface area contributed by atoms with E-state index < -0.39 is 10.0 Å². The normalized spacial score (nSPS) is 11.2. The second-order valence-corrected chi connectivity index (χ2v) is 6.80. The molecule has 0 saturated heterocycles. The van der Waals surface area contributed by atoms with E-state index in [2.05, 4.69) is 15.1 Å². The highest BCUT2D eigenvalue weighted by molar-refractivity contribution is 7.92. The fourth-order valence-electron chi connectivity index (χ4n) is 2.04. The van der Waals surface area contributed by atoms with E-state index in [-0.39, 0.29) is 12.5 Å². The lowest BCUT2D eigenvalue weighted by Crippen LogP contribution is -2.21. The maximum atomic E-state index is 12.1. The Hall–Kier alpha value is -2.35. The van der Waals surface area contributed by atoms with Crippen LogP contribution in [0.1, 0.15) is 11.4 Å². The predicted octanol–water partition coefficient (Wildman–Crippen LogP) is 1.51. The molecular formula is C14H18N4O3S. The molecule has 2 aromatic rings. The Kier molecular flexibility index (Phi) is 4.51. The van der Waals surface area contributed by atoms with Crippen LogP contribution in [0.4, 0.5) is 11.4 Å². The standard InChI is InChI=1S/C14H18N4O3S/c1-10-8-11(2)18(16-10)9-14(19)15-12-6-4-5-7-13(12)17-22(3,20)21/h4-8,17H,9H2,1-3H3,(H,15,19). The van der Waals surface area contributed by atoms with Crippen molar-refractivity contribution in [1.82, 2.24) is 9.78 Å². The molecule has 0 aliphatic heterocycles. The summed E-state index contributed by atoms with van der Waals surface area (Å²) in [4.78, 5) is 12.1. The van der Waals surface area contributed by atoms with Crippen LogP contribution in [0.15, 0.2) is 30.3 Å². The SMILES string of the molecule is Cc1cc(C)n(CC(=O)Nc2ccccc2NS(C)(=O)=O)n1. The van der Waals surface area contributed by atoms with Crippen LogP contribution in [-0.4, -0.2) is 30.4 Å². The summed E-state index contributed by atoms with van der Waals surface area (Å²) in [6, 6.07) is 8.50. The molecule has 118 valence electrons. The van der Waals surface area contributed by atoms with Crippen LogP contribution in [0, 0.1) is 13.8 Å². The molecule has 0 spiro atoms. The minimum Gasteiger partial charge on any atom is -0.323 e. The fourth-order valence-corrected chi connectivity index (χ4v) is 2.62. The lowest BCUT2D eigenvalue weighted by atomic mass is 10.2. The van der Waals surface area contributed by atoms with Crippen molar-refractivity contribution >= 4 is 27.3 Å². The van der Waals surface area contributed by atoms with Gasteiger partial charge in [0, 0.05) is 5.69 Å². The van der Waals surface area contributed by atoms with E-state index in [1.165, 1.54) is 0 Å². The Morgan fingerprint density at radius 1 is 1.23 bits per heavy atom. The van der Waals surface area contributed by atoms with E-state index in [9.17, 15) is 13.2 Å². The van der Waals surface area contributed by atoms with Gasteiger partial charge in [0.15, 0.2) is 0 Å². The summed E-state index contributed by atoms with van der Waals surface area (Å²) in [5, 5.41) is 6.91. The van der Waals surface area contributed by atoms with Crippen LogP contribution in [0.25, 0.3) is 0 Å². The van der Waals surface area contributed by atoms with E-state index in [0.717, 1.165) is 17.6 Å². The Morgan fingerprint density at radius 2 is 1.86 bits per heavy atom. The topological polar surface area (TPSA) is 93.1 Å². The number of nitrogens with zero attached hydrogens (tertiary/aromatic N) is 2. The summed E-state index contributed by atoms with van der Waals surface area (Å²) in [5.41, 5.74) is 2.45. The third kappa shape index (κ3) is 4.32. The second-order valence-electron chi connectivity index (χ2n) is 5.05. The van der Waals surface area contributed by atoms with Crippen molar-refractivity contribution in [2.45, 2.75) is 20.4 Å². The summed E-state index contributed by atoms with van der Waals surface area (Å²) in [6.45, 7) is 3.78. The molecule has 1 aromatic heterocycles. The Bertz CT molecular complexity index is 796. The molecule has 22 heavy (non-hydrogen) atoms. The summed E-state index contributed by atoms with van der Waals surface area (Å²) < 4.78 is 26.6. The number of benzene rings is 1. The van der Waals surface area contributed by atoms with Crippen LogP contribution in [0.2, 0.25) is 0 Å². The van der Waals surface area contributed by atoms with Crippen LogP contribution in [0.5, 0.6) is 0 Å². The van der Waals surface area contributed by atoms with Gasteiger partial charge in [-0.2, -0.15) is 5.10 Å². The highest BCUT2D eigenvalue weighted by Gasteiger charge is 2.11. The molecule has 7 nitrogen and oxygen atoms in total. The van der Waals surface area contributed by atoms with E-state index in [1.807, 2.05) is 19.9 Å². The Balaban J connectivity index is 2.13. The summed E-state index contributed by atoms with van der Waals surface area (Å²) >= 11 is 0. The van der Waals surface area contributed by atoms with Gasteiger partial charge >= 0.3 is 0 Å². The van der Waals surface area contributed by atoms with Gasteiger partial charge in [0.05, 0.1) is 23.3 Å². The van der Waals surface area contributed by atoms with Gasteiger partial charge in [0.2, 0.25) is 15.9 Å². The van der Waals surface area contributed by atoms with Gasteiger partial charge in [-0.05, 0) is 32.0 Å². The van der Waals surface area contributed by atoms with Crippen molar-refractivity contribution in [2.24, 2.45) is 0 Å². The molecule has 1 aromatic carbocycles. The van der Waals surface area contributed by atoms with Crippen LogP contribution in [0.3, 0.4) is 0 Å². The van der Waals surface area contributed by atoms with Crippen molar-refractivity contribution in [3.63, 3.8) is 0 Å². The van der Waals surface area contributed by atoms with Crippen molar-refractivity contribution in [3.8, 4) is 0 Å². The van der Waals surface area contributed by atoms with Gasteiger partial charge in [-0.25, -0.2) is 8.42 Å².